The third-order valence-corrected chi connectivity index (χ3v) is 2.93. The van der Waals surface area contributed by atoms with Crippen molar-refractivity contribution in [3.8, 4) is 17.0 Å². The van der Waals surface area contributed by atoms with Gasteiger partial charge in [0.05, 0.1) is 12.8 Å². The Bertz CT molecular complexity index is 640. The summed E-state index contributed by atoms with van der Waals surface area (Å²) < 4.78 is 5.52. The lowest BCUT2D eigenvalue weighted by molar-refractivity contribution is 0.421. The van der Waals surface area contributed by atoms with E-state index < -0.39 is 0 Å². The maximum absolute atomic E-state index is 5.52. The molecule has 3 aromatic rings. The first-order valence-corrected chi connectivity index (χ1v) is 5.60. The Morgan fingerprint density at radius 1 is 0.882 bits per heavy atom. The highest BCUT2D eigenvalue weighted by Crippen LogP contribution is 2.36. The molecular weight excluding hydrogens is 210 g/mol. The second-order valence-corrected chi connectivity index (χ2v) is 3.94. The lowest BCUT2D eigenvalue weighted by Gasteiger charge is -2.02. The summed E-state index contributed by atoms with van der Waals surface area (Å²) >= 11 is 0. The van der Waals surface area contributed by atoms with Crippen molar-refractivity contribution in [1.29, 1.82) is 0 Å². The van der Waals surface area contributed by atoms with E-state index in [9.17, 15) is 0 Å². The number of aromatic amines is 1. The molecule has 1 aromatic heterocycles. The highest BCUT2D eigenvalue weighted by atomic mass is 16.5. The first kappa shape index (κ1) is 9.97. The lowest BCUT2D eigenvalue weighted by atomic mass is 10.1. The van der Waals surface area contributed by atoms with E-state index in [0.29, 0.717) is 0 Å². The molecular formula is C15H13NO. The molecule has 0 atom stereocenters. The van der Waals surface area contributed by atoms with Crippen molar-refractivity contribution in [2.24, 2.45) is 0 Å². The second kappa shape index (κ2) is 3.98. The monoisotopic (exact) mass is 223 g/mol. The fourth-order valence-corrected chi connectivity index (χ4v) is 2.14. The molecule has 0 aliphatic rings. The normalized spacial score (nSPS) is 10.6. The van der Waals surface area contributed by atoms with Gasteiger partial charge in [-0.2, -0.15) is 0 Å². The van der Waals surface area contributed by atoms with Gasteiger partial charge in [-0.25, -0.2) is 0 Å². The number of aromatic nitrogens is 1. The van der Waals surface area contributed by atoms with Crippen LogP contribution in [0.15, 0.2) is 54.6 Å². The number of ether oxygens (including phenoxy) is 1. The predicted octanol–water partition coefficient (Wildman–Crippen LogP) is 3.84. The summed E-state index contributed by atoms with van der Waals surface area (Å²) in [7, 11) is 1.71. The van der Waals surface area contributed by atoms with E-state index in [1.165, 1.54) is 0 Å². The van der Waals surface area contributed by atoms with Crippen LogP contribution in [0, 0.1) is 0 Å². The van der Waals surface area contributed by atoms with Crippen LogP contribution in [0.25, 0.3) is 22.2 Å². The average Bonchev–Trinajstić information content (AvgIpc) is 2.78. The summed E-state index contributed by atoms with van der Waals surface area (Å²) in [5.74, 6) is 0.909. The van der Waals surface area contributed by atoms with Crippen molar-refractivity contribution >= 4 is 10.9 Å². The van der Waals surface area contributed by atoms with Crippen LogP contribution >= 0.6 is 0 Å². The van der Waals surface area contributed by atoms with Gasteiger partial charge in [0, 0.05) is 16.5 Å². The zero-order chi connectivity index (χ0) is 11.7. The van der Waals surface area contributed by atoms with E-state index >= 15 is 0 Å². The number of para-hydroxylation sites is 1. The molecule has 2 aromatic carbocycles. The minimum atomic E-state index is 0.909. The van der Waals surface area contributed by atoms with Gasteiger partial charge in [-0.1, -0.05) is 42.5 Å². The molecule has 0 radical (unpaired) electrons. The van der Waals surface area contributed by atoms with E-state index in [1.807, 2.05) is 30.3 Å². The first-order chi connectivity index (χ1) is 8.40. The fraction of sp³-hybridized carbons (Fsp3) is 0.0667. The summed E-state index contributed by atoms with van der Waals surface area (Å²) in [5.41, 5.74) is 3.28. The van der Waals surface area contributed by atoms with E-state index in [0.717, 1.165) is 27.9 Å². The molecule has 17 heavy (non-hydrogen) atoms. The maximum atomic E-state index is 5.52. The molecule has 0 amide bonds. The Hall–Kier alpha value is -2.22. The molecule has 3 rings (SSSR count). The Labute approximate surface area is 99.9 Å². The van der Waals surface area contributed by atoms with Crippen molar-refractivity contribution in [2.75, 3.05) is 7.11 Å². The van der Waals surface area contributed by atoms with Crippen LogP contribution in [-0.4, -0.2) is 12.1 Å². The van der Waals surface area contributed by atoms with Gasteiger partial charge in [0.1, 0.15) is 0 Å². The Morgan fingerprint density at radius 2 is 1.59 bits per heavy atom. The molecule has 0 saturated heterocycles. The van der Waals surface area contributed by atoms with Gasteiger partial charge in [-0.05, 0) is 12.1 Å². The first-order valence-electron chi connectivity index (χ1n) is 5.60. The minimum Gasteiger partial charge on any atom is -0.494 e. The van der Waals surface area contributed by atoms with E-state index in [2.05, 4.69) is 29.2 Å². The molecule has 0 bridgehead atoms. The van der Waals surface area contributed by atoms with Crippen molar-refractivity contribution in [3.63, 3.8) is 0 Å². The smallest absolute Gasteiger partial charge is 0.152 e. The number of methoxy groups -OCH3 is 1. The van der Waals surface area contributed by atoms with Crippen molar-refractivity contribution in [2.45, 2.75) is 0 Å². The number of hydrogen-bond donors (Lipinski definition) is 1. The van der Waals surface area contributed by atoms with E-state index in [4.69, 9.17) is 4.74 Å². The highest BCUT2D eigenvalue weighted by molar-refractivity contribution is 5.94. The molecule has 0 aliphatic heterocycles. The Morgan fingerprint density at radius 3 is 2.35 bits per heavy atom. The zero-order valence-electron chi connectivity index (χ0n) is 9.60. The van der Waals surface area contributed by atoms with Gasteiger partial charge >= 0.3 is 0 Å². The second-order valence-electron chi connectivity index (χ2n) is 3.94. The molecule has 0 unspecified atom stereocenters. The highest BCUT2D eigenvalue weighted by Gasteiger charge is 2.12. The molecule has 0 spiro atoms. The van der Waals surface area contributed by atoms with Crippen molar-refractivity contribution < 1.29 is 4.74 Å². The number of H-pyrrole nitrogens is 1. The van der Waals surface area contributed by atoms with Gasteiger partial charge in [-0.15, -0.1) is 0 Å². The summed E-state index contributed by atoms with van der Waals surface area (Å²) in [4.78, 5) is 3.41. The molecule has 2 heteroatoms. The van der Waals surface area contributed by atoms with Crippen LogP contribution in [0.4, 0.5) is 0 Å². The molecule has 84 valence electrons. The number of nitrogens with one attached hydrogen (secondary N) is 1. The third-order valence-electron chi connectivity index (χ3n) is 2.93. The summed E-state index contributed by atoms with van der Waals surface area (Å²) in [6, 6.07) is 18.4. The van der Waals surface area contributed by atoms with Gasteiger partial charge in [0.2, 0.25) is 0 Å². The number of rotatable bonds is 2. The van der Waals surface area contributed by atoms with Crippen LogP contribution in [-0.2, 0) is 0 Å². The summed E-state index contributed by atoms with van der Waals surface area (Å²) in [6.45, 7) is 0. The number of fused-ring (bicyclic) bond motifs is 1. The quantitative estimate of drug-likeness (QED) is 0.701. The number of hydrogen-bond acceptors (Lipinski definition) is 1. The topological polar surface area (TPSA) is 25.0 Å². The molecule has 1 heterocycles. The average molecular weight is 223 g/mol. The van der Waals surface area contributed by atoms with E-state index in [-0.39, 0.29) is 0 Å². The molecule has 0 fully saturated rings. The molecule has 2 nitrogen and oxygen atoms in total. The Balaban J connectivity index is 2.30. The van der Waals surface area contributed by atoms with Crippen molar-refractivity contribution in [1.82, 2.24) is 4.98 Å². The summed E-state index contributed by atoms with van der Waals surface area (Å²) in [6.07, 6.45) is 0. The molecule has 0 aliphatic carbocycles. The standard InChI is InChI=1S/C15H13NO/c1-17-15-12-9-5-6-10-13(12)16-14(15)11-7-3-2-4-8-11/h2-10,16H,1H3. The number of benzene rings is 2. The van der Waals surface area contributed by atoms with Crippen molar-refractivity contribution in [3.05, 3.63) is 54.6 Å². The Kier molecular flexibility index (Phi) is 2.33. The van der Waals surface area contributed by atoms with Crippen LogP contribution in [0.5, 0.6) is 5.75 Å². The summed E-state index contributed by atoms with van der Waals surface area (Å²) in [5, 5.41) is 1.12. The molecule has 1 N–H and O–H groups in total. The van der Waals surface area contributed by atoms with Gasteiger partial charge in [-0.3, -0.25) is 0 Å². The van der Waals surface area contributed by atoms with Gasteiger partial charge in [0.15, 0.2) is 5.75 Å². The van der Waals surface area contributed by atoms with Crippen LogP contribution in [0.1, 0.15) is 0 Å². The fourth-order valence-electron chi connectivity index (χ4n) is 2.14. The minimum absolute atomic E-state index is 0.909. The van der Waals surface area contributed by atoms with E-state index in [1.54, 1.807) is 7.11 Å². The van der Waals surface area contributed by atoms with Gasteiger partial charge in [0.25, 0.3) is 0 Å². The predicted molar refractivity (Wildman–Crippen MR) is 70.3 cm³/mol. The van der Waals surface area contributed by atoms with Crippen LogP contribution < -0.4 is 4.74 Å². The van der Waals surface area contributed by atoms with Gasteiger partial charge < -0.3 is 9.72 Å². The van der Waals surface area contributed by atoms with Crippen LogP contribution in [0.3, 0.4) is 0 Å². The molecule has 0 saturated carbocycles. The third kappa shape index (κ3) is 1.58. The zero-order valence-corrected chi connectivity index (χ0v) is 9.60. The largest absolute Gasteiger partial charge is 0.494 e. The van der Waals surface area contributed by atoms with Crippen LogP contribution in [0.2, 0.25) is 0 Å². The maximum Gasteiger partial charge on any atom is 0.152 e. The SMILES string of the molecule is COc1c(-c2ccccc2)[nH]c2ccccc12. The lowest BCUT2D eigenvalue weighted by Crippen LogP contribution is -1.84.